The Hall–Kier alpha value is -3.08. The van der Waals surface area contributed by atoms with Crippen molar-refractivity contribution in [2.75, 3.05) is 0 Å². The summed E-state index contributed by atoms with van der Waals surface area (Å²) in [4.78, 5) is 12.0. The van der Waals surface area contributed by atoms with Gasteiger partial charge in [-0.2, -0.15) is 5.10 Å². The Morgan fingerprint density at radius 1 is 1.14 bits per heavy atom. The van der Waals surface area contributed by atoms with Crippen molar-refractivity contribution in [2.24, 2.45) is 5.10 Å². The SMILES string of the molecule is O=C(N/N=C/c1ccccc1O)c1coc2ccccc12. The number of furan rings is 1. The third kappa shape index (κ3) is 2.62. The Balaban J connectivity index is 1.77. The van der Waals surface area contributed by atoms with Crippen molar-refractivity contribution in [3.8, 4) is 5.75 Å². The molecule has 5 nitrogen and oxygen atoms in total. The van der Waals surface area contributed by atoms with E-state index in [0.717, 1.165) is 5.39 Å². The number of benzene rings is 2. The first-order chi connectivity index (χ1) is 10.3. The Kier molecular flexibility index (Phi) is 3.39. The lowest BCUT2D eigenvalue weighted by atomic mass is 10.2. The molecule has 1 amide bonds. The minimum Gasteiger partial charge on any atom is -0.507 e. The van der Waals surface area contributed by atoms with Gasteiger partial charge < -0.3 is 9.52 Å². The molecule has 21 heavy (non-hydrogen) atoms. The number of para-hydroxylation sites is 2. The van der Waals surface area contributed by atoms with Gasteiger partial charge in [-0.1, -0.05) is 30.3 Å². The molecule has 0 fully saturated rings. The number of carbonyl (C=O) groups is 1. The van der Waals surface area contributed by atoms with Gasteiger partial charge in [0, 0.05) is 10.9 Å². The molecule has 0 saturated heterocycles. The van der Waals surface area contributed by atoms with Crippen molar-refractivity contribution in [3.05, 3.63) is 65.9 Å². The van der Waals surface area contributed by atoms with E-state index in [2.05, 4.69) is 10.5 Å². The summed E-state index contributed by atoms with van der Waals surface area (Å²) in [5.74, 6) is -0.268. The molecular weight excluding hydrogens is 268 g/mol. The molecule has 0 radical (unpaired) electrons. The van der Waals surface area contributed by atoms with Crippen LogP contribution in [0.5, 0.6) is 5.75 Å². The van der Waals surface area contributed by atoms with Gasteiger partial charge in [0.25, 0.3) is 5.91 Å². The van der Waals surface area contributed by atoms with Crippen molar-refractivity contribution in [2.45, 2.75) is 0 Å². The van der Waals surface area contributed by atoms with E-state index in [1.165, 1.54) is 12.5 Å². The van der Waals surface area contributed by atoms with Crippen LogP contribution in [0, 0.1) is 0 Å². The predicted molar refractivity (Wildman–Crippen MR) is 79.4 cm³/mol. The van der Waals surface area contributed by atoms with Crippen LogP contribution in [-0.2, 0) is 0 Å². The molecule has 2 aromatic carbocycles. The molecule has 1 aromatic heterocycles. The number of nitrogens with zero attached hydrogens (tertiary/aromatic N) is 1. The fraction of sp³-hybridized carbons (Fsp3) is 0. The highest BCUT2D eigenvalue weighted by Gasteiger charge is 2.12. The number of phenols is 1. The van der Waals surface area contributed by atoms with Crippen LogP contribution < -0.4 is 5.43 Å². The maximum absolute atomic E-state index is 12.0. The van der Waals surface area contributed by atoms with E-state index in [-0.39, 0.29) is 11.7 Å². The predicted octanol–water partition coefficient (Wildman–Crippen LogP) is 2.90. The Bertz CT molecular complexity index is 821. The van der Waals surface area contributed by atoms with Crippen molar-refractivity contribution in [3.63, 3.8) is 0 Å². The molecule has 0 spiro atoms. The van der Waals surface area contributed by atoms with Gasteiger partial charge in [0.15, 0.2) is 0 Å². The fourth-order valence-corrected chi connectivity index (χ4v) is 1.97. The molecule has 0 atom stereocenters. The Labute approximate surface area is 120 Å². The third-order valence-electron chi connectivity index (χ3n) is 3.03. The van der Waals surface area contributed by atoms with Crippen molar-refractivity contribution >= 4 is 23.1 Å². The molecule has 3 aromatic rings. The average Bonchev–Trinajstić information content (AvgIpc) is 2.93. The highest BCUT2D eigenvalue weighted by atomic mass is 16.3. The minimum absolute atomic E-state index is 0.101. The molecule has 104 valence electrons. The summed E-state index contributed by atoms with van der Waals surface area (Å²) in [6.45, 7) is 0. The summed E-state index contributed by atoms with van der Waals surface area (Å²) >= 11 is 0. The number of carbonyl (C=O) groups excluding carboxylic acids is 1. The molecule has 0 aliphatic heterocycles. The number of nitrogens with one attached hydrogen (secondary N) is 1. The summed E-state index contributed by atoms with van der Waals surface area (Å²) < 4.78 is 5.30. The zero-order chi connectivity index (χ0) is 14.7. The number of rotatable bonds is 3. The standard InChI is InChI=1S/C16H12N2O3/c19-14-7-3-1-5-11(14)9-17-18-16(20)13-10-21-15-8-4-2-6-12(13)15/h1-10,19H,(H,18,20)/b17-9+. The second kappa shape index (κ2) is 5.50. The van der Waals surface area contributed by atoms with Crippen LogP contribution in [0.1, 0.15) is 15.9 Å². The highest BCUT2D eigenvalue weighted by Crippen LogP contribution is 2.20. The number of phenolic OH excluding ortho intramolecular Hbond substituents is 1. The van der Waals surface area contributed by atoms with Crippen molar-refractivity contribution in [1.29, 1.82) is 0 Å². The third-order valence-corrected chi connectivity index (χ3v) is 3.03. The second-order valence-corrected chi connectivity index (χ2v) is 4.40. The van der Waals surface area contributed by atoms with Gasteiger partial charge in [-0.05, 0) is 18.2 Å². The molecule has 0 aliphatic carbocycles. The first-order valence-electron chi connectivity index (χ1n) is 6.33. The van der Waals surface area contributed by atoms with Gasteiger partial charge in [0.1, 0.15) is 17.6 Å². The van der Waals surface area contributed by atoms with E-state index in [4.69, 9.17) is 4.42 Å². The van der Waals surface area contributed by atoms with Crippen LogP contribution in [-0.4, -0.2) is 17.2 Å². The van der Waals surface area contributed by atoms with E-state index < -0.39 is 0 Å². The summed E-state index contributed by atoms with van der Waals surface area (Å²) in [6, 6.07) is 14.0. The zero-order valence-electron chi connectivity index (χ0n) is 11.0. The molecule has 0 unspecified atom stereocenters. The fourth-order valence-electron chi connectivity index (χ4n) is 1.97. The average molecular weight is 280 g/mol. The number of amides is 1. The topological polar surface area (TPSA) is 74.8 Å². The normalized spacial score (nSPS) is 11.0. The molecule has 1 heterocycles. The quantitative estimate of drug-likeness (QED) is 0.572. The number of fused-ring (bicyclic) bond motifs is 1. The largest absolute Gasteiger partial charge is 0.507 e. The van der Waals surface area contributed by atoms with E-state index in [0.29, 0.717) is 16.7 Å². The summed E-state index contributed by atoms with van der Waals surface area (Å²) in [5.41, 5.74) is 4.00. The zero-order valence-corrected chi connectivity index (χ0v) is 11.0. The molecule has 0 bridgehead atoms. The highest BCUT2D eigenvalue weighted by molar-refractivity contribution is 6.06. The van der Waals surface area contributed by atoms with Crippen LogP contribution >= 0.6 is 0 Å². The lowest BCUT2D eigenvalue weighted by Gasteiger charge is -1.98. The monoisotopic (exact) mass is 280 g/mol. The van der Waals surface area contributed by atoms with E-state index in [1.54, 1.807) is 36.4 Å². The maximum Gasteiger partial charge on any atom is 0.275 e. The van der Waals surface area contributed by atoms with E-state index in [1.807, 2.05) is 12.1 Å². The molecule has 0 aliphatic rings. The van der Waals surface area contributed by atoms with Crippen LogP contribution in [0.25, 0.3) is 11.0 Å². The summed E-state index contributed by atoms with van der Waals surface area (Å²) in [6.07, 6.45) is 2.78. The lowest BCUT2D eigenvalue weighted by Crippen LogP contribution is -2.17. The smallest absolute Gasteiger partial charge is 0.275 e. The summed E-state index contributed by atoms with van der Waals surface area (Å²) in [7, 11) is 0. The molecule has 5 heteroatoms. The van der Waals surface area contributed by atoms with Crippen LogP contribution in [0.3, 0.4) is 0 Å². The van der Waals surface area contributed by atoms with Crippen LogP contribution in [0.4, 0.5) is 0 Å². The second-order valence-electron chi connectivity index (χ2n) is 4.40. The number of hydrogen-bond donors (Lipinski definition) is 2. The molecule has 0 saturated carbocycles. The molecule has 3 rings (SSSR count). The molecule has 2 N–H and O–H groups in total. The van der Waals surface area contributed by atoms with Gasteiger partial charge in [-0.3, -0.25) is 4.79 Å². The number of aromatic hydroxyl groups is 1. The maximum atomic E-state index is 12.0. The van der Waals surface area contributed by atoms with Gasteiger partial charge in [0.2, 0.25) is 0 Å². The van der Waals surface area contributed by atoms with E-state index >= 15 is 0 Å². The first kappa shape index (κ1) is 12.9. The Morgan fingerprint density at radius 3 is 2.76 bits per heavy atom. The molecular formula is C16H12N2O3. The van der Waals surface area contributed by atoms with Gasteiger partial charge >= 0.3 is 0 Å². The number of hydrogen-bond acceptors (Lipinski definition) is 4. The van der Waals surface area contributed by atoms with Crippen LogP contribution in [0.2, 0.25) is 0 Å². The Morgan fingerprint density at radius 2 is 1.90 bits per heavy atom. The summed E-state index contributed by atoms with van der Waals surface area (Å²) in [5, 5.41) is 14.2. The van der Waals surface area contributed by atoms with Gasteiger partial charge in [0.05, 0.1) is 11.8 Å². The van der Waals surface area contributed by atoms with Gasteiger partial charge in [-0.15, -0.1) is 0 Å². The van der Waals surface area contributed by atoms with Crippen molar-refractivity contribution in [1.82, 2.24) is 5.43 Å². The first-order valence-corrected chi connectivity index (χ1v) is 6.33. The number of hydrazone groups is 1. The van der Waals surface area contributed by atoms with E-state index in [9.17, 15) is 9.90 Å². The van der Waals surface area contributed by atoms with Crippen LogP contribution in [0.15, 0.2) is 64.3 Å². The van der Waals surface area contributed by atoms with Gasteiger partial charge in [-0.25, -0.2) is 5.43 Å². The minimum atomic E-state index is -0.369. The lowest BCUT2D eigenvalue weighted by molar-refractivity contribution is 0.0956. The van der Waals surface area contributed by atoms with Crippen molar-refractivity contribution < 1.29 is 14.3 Å².